The summed E-state index contributed by atoms with van der Waals surface area (Å²) >= 11 is 0. The highest BCUT2D eigenvalue weighted by atomic mass is 31.2. The quantitative estimate of drug-likeness (QED) is 0.214. The monoisotopic (exact) mass is 660 g/mol. The van der Waals surface area contributed by atoms with Crippen molar-refractivity contribution in [2.75, 3.05) is 20.3 Å². The Hall–Kier alpha value is -3.59. The van der Waals surface area contributed by atoms with Crippen molar-refractivity contribution in [3.8, 4) is 5.75 Å². The third kappa shape index (κ3) is 7.04. The summed E-state index contributed by atoms with van der Waals surface area (Å²) in [7, 11) is -2.93. The molecule has 1 saturated heterocycles. The zero-order chi connectivity index (χ0) is 33.4. The Balaban J connectivity index is 1.36. The largest absolute Gasteiger partial charge is 0.482 e. The summed E-state index contributed by atoms with van der Waals surface area (Å²) in [6.07, 6.45) is -3.20. The maximum atomic E-state index is 14.3. The van der Waals surface area contributed by atoms with E-state index in [0.29, 0.717) is 5.39 Å². The molecule has 2 aromatic rings. The van der Waals surface area contributed by atoms with E-state index in [1.54, 1.807) is 18.2 Å². The fraction of sp³-hybridized carbons (Fsp3) is 0.533. The standard InChI is InChI=1S/C30H41N6O9P/c1-17(26(38)42-15-29(2,3)4)35-46(40,45-20-13-9-11-18-10-7-8-12-19(18)20)43-14-21-23(37)30(5,39)27(44-21)36-16-32-22-24(36)33-28(31)34-25(22)41-6/h7-13,16-17,21-24,27,37,39H,14-15H2,1-6H3,(H2,31,33)(H,35,40)/t17-,21+,22?,23+,24?,27?,30+,46+/m0/s1. The predicted molar refractivity (Wildman–Crippen MR) is 170 cm³/mol. The van der Waals surface area contributed by atoms with Crippen molar-refractivity contribution in [2.45, 2.75) is 76.9 Å². The van der Waals surface area contributed by atoms with E-state index in [9.17, 15) is 19.6 Å². The van der Waals surface area contributed by atoms with Crippen molar-refractivity contribution in [2.24, 2.45) is 26.1 Å². The molecule has 5 N–H and O–H groups in total. The van der Waals surface area contributed by atoms with E-state index < -0.39 is 62.6 Å². The number of fused-ring (bicyclic) bond motifs is 2. The van der Waals surface area contributed by atoms with Gasteiger partial charge in [0.25, 0.3) is 0 Å². The van der Waals surface area contributed by atoms with Crippen molar-refractivity contribution in [3.05, 3.63) is 42.5 Å². The van der Waals surface area contributed by atoms with Gasteiger partial charge >= 0.3 is 13.7 Å². The van der Waals surface area contributed by atoms with Crippen LogP contribution < -0.4 is 15.3 Å². The van der Waals surface area contributed by atoms with Gasteiger partial charge in [-0.25, -0.2) is 9.56 Å². The van der Waals surface area contributed by atoms with Crippen LogP contribution in [0.3, 0.4) is 0 Å². The number of carbonyl (C=O) groups excluding carboxylic acids is 1. The van der Waals surface area contributed by atoms with E-state index >= 15 is 0 Å². The lowest BCUT2D eigenvalue weighted by Gasteiger charge is -2.36. The van der Waals surface area contributed by atoms with E-state index in [0.717, 1.165) is 5.39 Å². The van der Waals surface area contributed by atoms with Crippen molar-refractivity contribution in [1.29, 1.82) is 0 Å². The first-order valence-corrected chi connectivity index (χ1v) is 16.3. The van der Waals surface area contributed by atoms with Crippen molar-refractivity contribution >= 4 is 42.7 Å². The molecule has 250 valence electrons. The molecule has 3 unspecified atom stereocenters. The Kier molecular flexibility index (Phi) is 9.47. The lowest BCUT2D eigenvalue weighted by Crippen LogP contribution is -2.56. The molecule has 16 heteroatoms. The number of benzene rings is 2. The predicted octanol–water partition coefficient (Wildman–Crippen LogP) is 2.16. The van der Waals surface area contributed by atoms with Gasteiger partial charge in [0.15, 0.2) is 18.4 Å². The minimum absolute atomic E-state index is 0.0422. The van der Waals surface area contributed by atoms with Gasteiger partial charge in [0.05, 0.1) is 26.7 Å². The van der Waals surface area contributed by atoms with E-state index in [1.807, 2.05) is 45.0 Å². The molecule has 1 fully saturated rings. The van der Waals surface area contributed by atoms with Gasteiger partial charge in [0.2, 0.25) is 11.9 Å². The molecule has 46 heavy (non-hydrogen) atoms. The van der Waals surface area contributed by atoms with E-state index in [-0.39, 0.29) is 29.6 Å². The first-order chi connectivity index (χ1) is 21.6. The van der Waals surface area contributed by atoms with Crippen LogP contribution in [0.5, 0.6) is 5.75 Å². The van der Waals surface area contributed by atoms with Gasteiger partial charge < -0.3 is 39.6 Å². The zero-order valence-corrected chi connectivity index (χ0v) is 27.5. The summed E-state index contributed by atoms with van der Waals surface area (Å²) in [5.41, 5.74) is 3.73. The molecular formula is C30H41N6O9P. The first kappa shape index (κ1) is 33.8. The highest BCUT2D eigenvalue weighted by molar-refractivity contribution is 7.52. The van der Waals surface area contributed by atoms with Crippen LogP contribution in [0.4, 0.5) is 0 Å². The van der Waals surface area contributed by atoms with Gasteiger partial charge in [-0.1, -0.05) is 57.2 Å². The number of ether oxygens (including phenoxy) is 3. The third-order valence-corrected chi connectivity index (χ3v) is 9.28. The molecule has 3 heterocycles. The van der Waals surface area contributed by atoms with Crippen LogP contribution >= 0.6 is 7.75 Å². The topological polar surface area (TPSA) is 199 Å². The number of nitrogens with two attached hydrogens (primary N) is 1. The number of rotatable bonds is 10. The lowest BCUT2D eigenvalue weighted by atomic mass is 9.96. The summed E-state index contributed by atoms with van der Waals surface area (Å²) < 4.78 is 43.0. The second-order valence-corrected chi connectivity index (χ2v) is 14.5. The number of aliphatic hydroxyl groups is 2. The van der Waals surface area contributed by atoms with Crippen LogP contribution in [0.1, 0.15) is 34.6 Å². The molecule has 0 aromatic heterocycles. The number of esters is 1. The molecule has 0 amide bonds. The number of aliphatic imine (C=N–C) groups is 3. The Labute approximate surface area is 267 Å². The maximum Gasteiger partial charge on any atom is 0.459 e. The second kappa shape index (κ2) is 12.9. The minimum Gasteiger partial charge on any atom is -0.482 e. The average Bonchev–Trinajstić information content (AvgIpc) is 3.51. The average molecular weight is 661 g/mol. The number of methoxy groups -OCH3 is 1. The number of hydrogen-bond acceptors (Lipinski definition) is 14. The minimum atomic E-state index is -4.36. The van der Waals surface area contributed by atoms with Crippen LogP contribution in [0.2, 0.25) is 0 Å². The Morgan fingerprint density at radius 3 is 2.67 bits per heavy atom. The Morgan fingerprint density at radius 2 is 1.96 bits per heavy atom. The summed E-state index contributed by atoms with van der Waals surface area (Å²) in [5, 5.41) is 26.7. The molecule has 3 aliphatic rings. The van der Waals surface area contributed by atoms with Gasteiger partial charge in [-0.15, -0.1) is 0 Å². The van der Waals surface area contributed by atoms with E-state index in [1.165, 1.54) is 32.2 Å². The number of guanidine groups is 1. The molecular weight excluding hydrogens is 619 g/mol. The molecule has 0 spiro atoms. The zero-order valence-electron chi connectivity index (χ0n) is 26.6. The Morgan fingerprint density at radius 1 is 1.24 bits per heavy atom. The molecule has 0 saturated carbocycles. The summed E-state index contributed by atoms with van der Waals surface area (Å²) in [4.78, 5) is 27.1. The fourth-order valence-corrected chi connectivity index (χ4v) is 6.79. The van der Waals surface area contributed by atoms with Gasteiger partial charge in [-0.2, -0.15) is 10.1 Å². The summed E-state index contributed by atoms with van der Waals surface area (Å²) in [6, 6.07) is 10.8. The molecule has 0 radical (unpaired) electrons. The van der Waals surface area contributed by atoms with Crippen LogP contribution in [-0.2, 0) is 28.1 Å². The van der Waals surface area contributed by atoms with Gasteiger partial charge in [0, 0.05) is 5.39 Å². The summed E-state index contributed by atoms with van der Waals surface area (Å²) in [6.45, 7) is 8.26. The SMILES string of the molecule is COC1=NC(N)=NC2C1N=CN2C1O[C@H](CO[P@](=O)(N[C@@H](C)C(=O)OCC(C)(C)C)Oc2cccc3ccccc23)[C@@H](O)[C@@]1(C)O. The smallest absolute Gasteiger partial charge is 0.459 e. The highest BCUT2D eigenvalue weighted by Crippen LogP contribution is 2.48. The van der Waals surface area contributed by atoms with Crippen LogP contribution in [0.25, 0.3) is 10.8 Å². The molecule has 5 rings (SSSR count). The lowest BCUT2D eigenvalue weighted by molar-refractivity contribution is -0.148. The van der Waals surface area contributed by atoms with Crippen molar-refractivity contribution < 1.29 is 42.8 Å². The van der Waals surface area contributed by atoms with E-state index in [2.05, 4.69) is 20.1 Å². The summed E-state index contributed by atoms with van der Waals surface area (Å²) in [5.74, 6) is -0.222. The highest BCUT2D eigenvalue weighted by Gasteiger charge is 2.58. The number of aliphatic hydroxyl groups excluding tert-OH is 1. The third-order valence-electron chi connectivity index (χ3n) is 7.65. The normalized spacial score (nSPS) is 29.5. The van der Waals surface area contributed by atoms with Gasteiger partial charge in [-0.05, 0) is 30.7 Å². The van der Waals surface area contributed by atoms with Crippen molar-refractivity contribution in [3.63, 3.8) is 0 Å². The van der Waals surface area contributed by atoms with Gasteiger partial charge in [-0.3, -0.25) is 14.3 Å². The van der Waals surface area contributed by atoms with Crippen molar-refractivity contribution in [1.82, 2.24) is 9.99 Å². The van der Waals surface area contributed by atoms with E-state index in [4.69, 9.17) is 29.0 Å². The number of hydrogen-bond donors (Lipinski definition) is 4. The van der Waals surface area contributed by atoms with Crippen LogP contribution in [-0.4, -0.2) is 102 Å². The molecule has 0 bridgehead atoms. The molecule has 0 aliphatic carbocycles. The fourth-order valence-electron chi connectivity index (χ4n) is 5.27. The number of carbonyl (C=O) groups is 1. The Bertz CT molecular complexity index is 1590. The van der Waals surface area contributed by atoms with Crippen LogP contribution in [0.15, 0.2) is 57.4 Å². The molecule has 3 aliphatic heterocycles. The molecule has 2 aromatic carbocycles. The second-order valence-electron chi connectivity index (χ2n) is 12.8. The van der Waals surface area contributed by atoms with Crippen LogP contribution in [0, 0.1) is 5.41 Å². The molecule has 15 nitrogen and oxygen atoms in total. The maximum absolute atomic E-state index is 14.3. The number of nitrogens with zero attached hydrogens (tertiary/aromatic N) is 4. The van der Waals surface area contributed by atoms with Gasteiger partial charge in [0.1, 0.15) is 29.6 Å². The first-order valence-electron chi connectivity index (χ1n) is 14.8. The number of nitrogens with one attached hydrogen (secondary N) is 1. The molecule has 8 atom stereocenters.